The fourth-order valence-electron chi connectivity index (χ4n) is 1.49. The summed E-state index contributed by atoms with van der Waals surface area (Å²) in [4.78, 5) is 0. The normalized spacial score (nSPS) is 12.2. The zero-order valence-corrected chi connectivity index (χ0v) is 13.8. The number of halogens is 1. The Hall–Kier alpha value is -1.34. The van der Waals surface area contributed by atoms with E-state index in [1.54, 1.807) is 0 Å². The van der Waals surface area contributed by atoms with Crippen LogP contribution in [0.4, 0.5) is 0 Å². The van der Waals surface area contributed by atoms with Gasteiger partial charge in [-0.2, -0.15) is 8.42 Å². The SMILES string of the molecule is CS(=O)(=O)O/C(=C\[I+]c1ccccc1)c1ccccc1. The Morgan fingerprint density at radius 3 is 2.10 bits per heavy atom. The van der Waals surface area contributed by atoms with Gasteiger partial charge in [0.25, 0.3) is 0 Å². The second kappa shape index (κ2) is 6.90. The summed E-state index contributed by atoms with van der Waals surface area (Å²) in [5, 5.41) is 0. The zero-order valence-electron chi connectivity index (χ0n) is 10.9. The van der Waals surface area contributed by atoms with Gasteiger partial charge in [-0.3, -0.25) is 0 Å². The first kappa shape index (κ1) is 15.1. The molecule has 0 bridgehead atoms. The van der Waals surface area contributed by atoms with Crippen molar-refractivity contribution >= 4 is 15.9 Å². The molecule has 104 valence electrons. The van der Waals surface area contributed by atoms with Gasteiger partial charge in [0.05, 0.1) is 6.26 Å². The lowest BCUT2D eigenvalue weighted by atomic mass is 10.2. The number of hydrogen-bond acceptors (Lipinski definition) is 3. The summed E-state index contributed by atoms with van der Waals surface area (Å²) < 4.78 is 31.0. The van der Waals surface area contributed by atoms with Crippen LogP contribution < -0.4 is 21.2 Å². The van der Waals surface area contributed by atoms with Gasteiger partial charge in [0.2, 0.25) is 4.08 Å². The van der Waals surface area contributed by atoms with Crippen molar-refractivity contribution in [3.63, 3.8) is 0 Å². The van der Waals surface area contributed by atoms with Crippen molar-refractivity contribution in [1.82, 2.24) is 0 Å². The van der Waals surface area contributed by atoms with Crippen molar-refractivity contribution in [2.24, 2.45) is 0 Å². The van der Waals surface area contributed by atoms with Gasteiger partial charge in [-0.25, -0.2) is 0 Å². The molecule has 0 unspecified atom stereocenters. The second-order valence-electron chi connectivity index (χ2n) is 4.03. The lowest BCUT2D eigenvalue weighted by molar-refractivity contribution is -0.556. The lowest BCUT2D eigenvalue weighted by Crippen LogP contribution is -3.59. The highest BCUT2D eigenvalue weighted by molar-refractivity contribution is 7.86. The smallest absolute Gasteiger partial charge is 0.353 e. The molecule has 0 fully saturated rings. The van der Waals surface area contributed by atoms with Gasteiger partial charge in [-0.1, -0.05) is 48.5 Å². The van der Waals surface area contributed by atoms with E-state index in [2.05, 4.69) is 0 Å². The van der Waals surface area contributed by atoms with Crippen molar-refractivity contribution in [3.8, 4) is 0 Å². The van der Waals surface area contributed by atoms with Crippen LogP contribution in [0.2, 0.25) is 0 Å². The van der Waals surface area contributed by atoms with Crippen LogP contribution in [0, 0.1) is 3.57 Å². The summed E-state index contributed by atoms with van der Waals surface area (Å²) in [6, 6.07) is 19.3. The third kappa shape index (κ3) is 4.97. The van der Waals surface area contributed by atoms with Gasteiger partial charge in [0, 0.05) is 5.56 Å². The quantitative estimate of drug-likeness (QED) is 0.400. The van der Waals surface area contributed by atoms with Gasteiger partial charge >= 0.3 is 31.3 Å². The molecule has 2 rings (SSSR count). The van der Waals surface area contributed by atoms with Crippen molar-refractivity contribution in [2.75, 3.05) is 6.26 Å². The van der Waals surface area contributed by atoms with E-state index in [1.807, 2.05) is 64.7 Å². The number of hydrogen-bond donors (Lipinski definition) is 0. The highest BCUT2D eigenvalue weighted by atomic mass is 127. The second-order valence-corrected chi connectivity index (χ2v) is 8.10. The summed E-state index contributed by atoms with van der Waals surface area (Å²) in [5.74, 6) is 0.407. The summed E-state index contributed by atoms with van der Waals surface area (Å²) in [6.45, 7) is 0. The maximum Gasteiger partial charge on any atom is 0.353 e. The van der Waals surface area contributed by atoms with Crippen LogP contribution in [0.15, 0.2) is 64.7 Å². The fraction of sp³-hybridized carbons (Fsp3) is 0.0667. The molecule has 0 aliphatic carbocycles. The molecule has 0 aromatic heterocycles. The average Bonchev–Trinajstić information content (AvgIpc) is 2.44. The fourth-order valence-corrected chi connectivity index (χ4v) is 4.10. The minimum atomic E-state index is -3.53. The Kier molecular flexibility index (Phi) is 5.19. The topological polar surface area (TPSA) is 43.4 Å². The Morgan fingerprint density at radius 2 is 1.55 bits per heavy atom. The first-order valence-electron chi connectivity index (χ1n) is 5.88. The first-order chi connectivity index (χ1) is 9.54. The predicted octanol–water partition coefficient (Wildman–Crippen LogP) is -0.0800. The number of rotatable bonds is 5. The standard InChI is InChI=1S/C15H14IO3S/c1-20(17,18)19-15(13-8-4-2-5-9-13)12-16-14-10-6-3-7-11-14/h2-12H,1H3/q+1/b15-12-. The summed E-state index contributed by atoms with van der Waals surface area (Å²) >= 11 is -0.445. The summed E-state index contributed by atoms with van der Waals surface area (Å²) in [5.41, 5.74) is 0.772. The molecule has 20 heavy (non-hydrogen) atoms. The van der Waals surface area contributed by atoms with Crippen molar-refractivity contribution in [1.29, 1.82) is 0 Å². The van der Waals surface area contributed by atoms with E-state index in [4.69, 9.17) is 4.18 Å². The zero-order chi connectivity index (χ0) is 14.4. The lowest BCUT2D eigenvalue weighted by Gasteiger charge is -2.04. The maximum absolute atomic E-state index is 11.4. The third-order valence-electron chi connectivity index (χ3n) is 2.31. The van der Waals surface area contributed by atoms with Crippen LogP contribution in [0.5, 0.6) is 0 Å². The highest BCUT2D eigenvalue weighted by Crippen LogP contribution is 2.15. The molecule has 2 aromatic rings. The van der Waals surface area contributed by atoms with E-state index in [0.717, 1.165) is 11.8 Å². The van der Waals surface area contributed by atoms with Gasteiger partial charge in [0.1, 0.15) is 0 Å². The molecule has 0 N–H and O–H groups in total. The van der Waals surface area contributed by atoms with Crippen molar-refractivity contribution in [3.05, 3.63) is 73.9 Å². The van der Waals surface area contributed by atoms with Crippen LogP contribution in [0.1, 0.15) is 5.56 Å². The molecule has 0 aliphatic heterocycles. The van der Waals surface area contributed by atoms with E-state index in [0.29, 0.717) is 5.76 Å². The van der Waals surface area contributed by atoms with E-state index in [-0.39, 0.29) is 0 Å². The molecule has 0 heterocycles. The molecule has 0 amide bonds. The molecule has 0 saturated heterocycles. The van der Waals surface area contributed by atoms with E-state index >= 15 is 0 Å². The Labute approximate surface area is 129 Å². The molecule has 0 spiro atoms. The minimum absolute atomic E-state index is 0.407. The van der Waals surface area contributed by atoms with Crippen molar-refractivity contribution < 1.29 is 33.8 Å². The largest absolute Gasteiger partial charge is 0.378 e. The van der Waals surface area contributed by atoms with Crippen LogP contribution in [0.3, 0.4) is 0 Å². The van der Waals surface area contributed by atoms with Crippen LogP contribution >= 0.6 is 0 Å². The molecule has 2 aromatic carbocycles. The van der Waals surface area contributed by atoms with Gasteiger partial charge < -0.3 is 4.18 Å². The van der Waals surface area contributed by atoms with Crippen LogP contribution in [-0.4, -0.2) is 14.7 Å². The van der Waals surface area contributed by atoms with Crippen molar-refractivity contribution in [2.45, 2.75) is 0 Å². The average molecular weight is 401 g/mol. The molecule has 0 aliphatic rings. The minimum Gasteiger partial charge on any atom is -0.378 e. The predicted molar refractivity (Wildman–Crippen MR) is 75.5 cm³/mol. The molecular formula is C15H14IO3S+. The summed E-state index contributed by atoms with van der Waals surface area (Å²) in [7, 11) is -3.53. The highest BCUT2D eigenvalue weighted by Gasteiger charge is 2.16. The third-order valence-corrected chi connectivity index (χ3v) is 5.11. The van der Waals surface area contributed by atoms with Gasteiger partial charge in [0.15, 0.2) is 9.33 Å². The van der Waals surface area contributed by atoms with Gasteiger partial charge in [-0.15, -0.1) is 0 Å². The molecule has 3 nitrogen and oxygen atoms in total. The van der Waals surface area contributed by atoms with E-state index in [9.17, 15) is 8.42 Å². The van der Waals surface area contributed by atoms with E-state index < -0.39 is 31.3 Å². The maximum atomic E-state index is 11.4. The number of benzene rings is 2. The first-order valence-corrected chi connectivity index (χ1v) is 10.0. The van der Waals surface area contributed by atoms with Gasteiger partial charge in [-0.05, 0) is 12.1 Å². The molecule has 0 saturated carbocycles. The molecular weight excluding hydrogens is 387 g/mol. The monoisotopic (exact) mass is 401 g/mol. The van der Waals surface area contributed by atoms with Crippen LogP contribution in [-0.2, 0) is 14.3 Å². The Bertz CT molecular complexity index is 680. The summed E-state index contributed by atoms with van der Waals surface area (Å²) in [6.07, 6.45) is 1.06. The van der Waals surface area contributed by atoms with Crippen LogP contribution in [0.25, 0.3) is 5.76 Å². The molecule has 0 atom stereocenters. The van der Waals surface area contributed by atoms with E-state index in [1.165, 1.54) is 3.57 Å². The molecule has 5 heteroatoms. The Balaban J connectivity index is 2.27. The molecule has 0 radical (unpaired) electrons. The Morgan fingerprint density at radius 1 is 1.00 bits per heavy atom.